The Balaban J connectivity index is 2.10. The monoisotopic (exact) mass is 279 g/mol. The van der Waals surface area contributed by atoms with Gasteiger partial charge in [-0.2, -0.15) is 0 Å². The van der Waals surface area contributed by atoms with Gasteiger partial charge in [0.15, 0.2) is 11.5 Å². The molecule has 2 atom stereocenters. The first kappa shape index (κ1) is 14.7. The van der Waals surface area contributed by atoms with E-state index in [1.807, 2.05) is 13.8 Å². The fourth-order valence-corrected chi connectivity index (χ4v) is 2.37. The molecule has 0 spiro atoms. The first-order valence-electron chi connectivity index (χ1n) is 6.61. The molecule has 1 aliphatic rings. The van der Waals surface area contributed by atoms with Gasteiger partial charge in [-0.15, -0.1) is 0 Å². The van der Waals surface area contributed by atoms with E-state index in [9.17, 15) is 9.90 Å². The van der Waals surface area contributed by atoms with Crippen LogP contribution < -0.4 is 14.8 Å². The Morgan fingerprint density at radius 3 is 2.45 bits per heavy atom. The zero-order chi connectivity index (χ0) is 14.9. The summed E-state index contributed by atoms with van der Waals surface area (Å²) in [5.74, 6) is 0.937. The van der Waals surface area contributed by atoms with Crippen molar-refractivity contribution in [1.82, 2.24) is 5.32 Å². The van der Waals surface area contributed by atoms with Crippen molar-refractivity contribution in [3.05, 3.63) is 23.8 Å². The van der Waals surface area contributed by atoms with Crippen LogP contribution in [0.15, 0.2) is 18.2 Å². The number of nitrogens with one attached hydrogen (secondary N) is 1. The fraction of sp³-hybridized carbons (Fsp3) is 0.533. The number of ether oxygens (including phenoxy) is 2. The van der Waals surface area contributed by atoms with E-state index in [2.05, 4.69) is 5.32 Å². The van der Waals surface area contributed by atoms with Crippen molar-refractivity contribution in [3.8, 4) is 11.5 Å². The number of amides is 1. The Kier molecular flexibility index (Phi) is 3.90. The van der Waals surface area contributed by atoms with E-state index in [0.29, 0.717) is 23.5 Å². The summed E-state index contributed by atoms with van der Waals surface area (Å²) in [4.78, 5) is 12.2. The van der Waals surface area contributed by atoms with Crippen LogP contribution in [-0.2, 0) is 0 Å². The van der Waals surface area contributed by atoms with Crippen LogP contribution in [0.1, 0.15) is 30.6 Å². The number of aliphatic hydroxyl groups excluding tert-OH is 1. The molecule has 0 aliphatic heterocycles. The van der Waals surface area contributed by atoms with Crippen molar-refractivity contribution in [2.24, 2.45) is 5.41 Å². The van der Waals surface area contributed by atoms with Crippen molar-refractivity contribution >= 4 is 5.91 Å². The average Bonchev–Trinajstić information content (AvgIpc) is 2.45. The molecule has 0 heterocycles. The summed E-state index contributed by atoms with van der Waals surface area (Å²) in [5.41, 5.74) is 0.228. The number of carbonyl (C=O) groups excluding carboxylic acids is 1. The molecule has 1 amide bonds. The third-order valence-electron chi connectivity index (χ3n) is 4.17. The minimum absolute atomic E-state index is 0.0157. The summed E-state index contributed by atoms with van der Waals surface area (Å²) in [6.07, 6.45) is 0.227. The molecule has 20 heavy (non-hydrogen) atoms. The Hall–Kier alpha value is -1.75. The van der Waals surface area contributed by atoms with Crippen LogP contribution in [-0.4, -0.2) is 37.4 Å². The molecule has 0 saturated heterocycles. The molecule has 2 unspecified atom stereocenters. The van der Waals surface area contributed by atoms with E-state index in [1.54, 1.807) is 25.3 Å². The molecule has 1 aromatic rings. The third-order valence-corrected chi connectivity index (χ3v) is 4.17. The van der Waals surface area contributed by atoms with Crippen molar-refractivity contribution in [1.29, 1.82) is 0 Å². The maximum absolute atomic E-state index is 12.2. The summed E-state index contributed by atoms with van der Waals surface area (Å²) >= 11 is 0. The smallest absolute Gasteiger partial charge is 0.251 e. The van der Waals surface area contributed by atoms with Gasteiger partial charge in [0.25, 0.3) is 5.91 Å². The van der Waals surface area contributed by atoms with Gasteiger partial charge in [0.2, 0.25) is 0 Å². The maximum atomic E-state index is 12.2. The molecule has 0 radical (unpaired) electrons. The minimum atomic E-state index is -0.363. The van der Waals surface area contributed by atoms with Gasteiger partial charge in [-0.1, -0.05) is 13.8 Å². The Morgan fingerprint density at radius 1 is 1.30 bits per heavy atom. The third kappa shape index (κ3) is 2.45. The molecule has 2 rings (SSSR count). The van der Waals surface area contributed by atoms with E-state index in [-0.39, 0.29) is 23.5 Å². The molecular formula is C15H21NO4. The van der Waals surface area contributed by atoms with Crippen molar-refractivity contribution < 1.29 is 19.4 Å². The quantitative estimate of drug-likeness (QED) is 0.878. The second kappa shape index (κ2) is 5.32. The van der Waals surface area contributed by atoms with E-state index in [1.165, 1.54) is 7.11 Å². The number of methoxy groups -OCH3 is 2. The maximum Gasteiger partial charge on any atom is 0.251 e. The van der Waals surface area contributed by atoms with Gasteiger partial charge >= 0.3 is 0 Å². The Morgan fingerprint density at radius 2 is 1.95 bits per heavy atom. The van der Waals surface area contributed by atoms with Crippen molar-refractivity contribution in [2.45, 2.75) is 32.4 Å². The van der Waals surface area contributed by atoms with Crippen molar-refractivity contribution in [2.75, 3.05) is 14.2 Å². The highest BCUT2D eigenvalue weighted by atomic mass is 16.5. The summed E-state index contributed by atoms with van der Waals surface area (Å²) in [5, 5.41) is 12.6. The highest BCUT2D eigenvalue weighted by Crippen LogP contribution is 2.40. The molecular weight excluding hydrogens is 258 g/mol. The lowest BCUT2D eigenvalue weighted by Gasteiger charge is -2.49. The fourth-order valence-electron chi connectivity index (χ4n) is 2.37. The zero-order valence-corrected chi connectivity index (χ0v) is 12.3. The minimum Gasteiger partial charge on any atom is -0.493 e. The van der Waals surface area contributed by atoms with Crippen LogP contribution in [0.2, 0.25) is 0 Å². The molecule has 1 aliphatic carbocycles. The summed E-state index contributed by atoms with van der Waals surface area (Å²) < 4.78 is 10.3. The number of rotatable bonds is 4. The second-order valence-corrected chi connectivity index (χ2v) is 5.67. The van der Waals surface area contributed by atoms with Crippen LogP contribution in [0.4, 0.5) is 0 Å². The lowest BCUT2D eigenvalue weighted by atomic mass is 9.64. The highest BCUT2D eigenvalue weighted by molar-refractivity contribution is 5.95. The average molecular weight is 279 g/mol. The van der Waals surface area contributed by atoms with Gasteiger partial charge < -0.3 is 19.9 Å². The van der Waals surface area contributed by atoms with Gasteiger partial charge in [-0.3, -0.25) is 4.79 Å². The number of aliphatic hydroxyl groups is 1. The van der Waals surface area contributed by atoms with E-state index >= 15 is 0 Å². The Labute approximate surface area is 118 Å². The highest BCUT2D eigenvalue weighted by Gasteiger charge is 2.47. The van der Waals surface area contributed by atoms with Crippen LogP contribution in [0.3, 0.4) is 0 Å². The largest absolute Gasteiger partial charge is 0.493 e. The van der Waals surface area contributed by atoms with Crippen LogP contribution in [0.25, 0.3) is 0 Å². The van der Waals surface area contributed by atoms with Crippen LogP contribution in [0.5, 0.6) is 11.5 Å². The lowest BCUT2D eigenvalue weighted by Crippen LogP contribution is -2.61. The summed E-state index contributed by atoms with van der Waals surface area (Å²) in [6, 6.07) is 5.03. The van der Waals surface area contributed by atoms with Crippen LogP contribution in [0, 0.1) is 5.41 Å². The summed E-state index contributed by atoms with van der Waals surface area (Å²) in [7, 11) is 3.08. The molecule has 0 bridgehead atoms. The van der Waals surface area contributed by atoms with Gasteiger partial charge in [0.1, 0.15) is 0 Å². The van der Waals surface area contributed by atoms with Gasteiger partial charge in [0, 0.05) is 17.0 Å². The first-order chi connectivity index (χ1) is 9.40. The van der Waals surface area contributed by atoms with E-state index in [4.69, 9.17) is 9.47 Å². The number of hydrogen-bond donors (Lipinski definition) is 2. The SMILES string of the molecule is COc1ccc(C(=O)NC2CC(O)C2(C)C)cc1OC. The molecule has 0 aromatic heterocycles. The molecule has 5 nitrogen and oxygen atoms in total. The number of carbonyl (C=O) groups is 1. The predicted octanol–water partition coefficient (Wildman–Crippen LogP) is 1.59. The molecule has 110 valence electrons. The van der Waals surface area contributed by atoms with Gasteiger partial charge in [0.05, 0.1) is 20.3 Å². The topological polar surface area (TPSA) is 67.8 Å². The van der Waals surface area contributed by atoms with Gasteiger partial charge in [-0.25, -0.2) is 0 Å². The number of hydrogen-bond acceptors (Lipinski definition) is 4. The molecule has 1 saturated carbocycles. The first-order valence-corrected chi connectivity index (χ1v) is 6.61. The molecule has 1 fully saturated rings. The predicted molar refractivity (Wildman–Crippen MR) is 75.2 cm³/mol. The zero-order valence-electron chi connectivity index (χ0n) is 12.3. The van der Waals surface area contributed by atoms with Crippen LogP contribution >= 0.6 is 0 Å². The second-order valence-electron chi connectivity index (χ2n) is 5.67. The van der Waals surface area contributed by atoms with Crippen molar-refractivity contribution in [3.63, 3.8) is 0 Å². The van der Waals surface area contributed by atoms with E-state index in [0.717, 1.165) is 0 Å². The standard InChI is InChI=1S/C15H21NO4/c1-15(2)12(8-13(15)17)16-14(18)9-5-6-10(19-3)11(7-9)20-4/h5-7,12-13,17H,8H2,1-4H3,(H,16,18). The Bertz CT molecular complexity index is 513. The lowest BCUT2D eigenvalue weighted by molar-refractivity contribution is -0.0689. The summed E-state index contributed by atoms with van der Waals surface area (Å²) in [6.45, 7) is 3.89. The normalized spacial score (nSPS) is 23.6. The molecule has 2 N–H and O–H groups in total. The molecule has 5 heteroatoms. The number of benzene rings is 1. The van der Waals surface area contributed by atoms with E-state index < -0.39 is 0 Å². The van der Waals surface area contributed by atoms with Gasteiger partial charge in [-0.05, 0) is 24.6 Å². The molecule has 1 aromatic carbocycles.